The number of benzene rings is 4. The Morgan fingerprint density at radius 2 is 1.51 bits per heavy atom. The summed E-state index contributed by atoms with van der Waals surface area (Å²) in [6, 6.07) is 21.2. The number of hydrogen-bond acceptors (Lipinski definition) is 16. The molecule has 0 unspecified atom stereocenters. The number of rotatable bonds is 25. The van der Waals surface area contributed by atoms with E-state index in [1.165, 1.54) is 25.1 Å². The van der Waals surface area contributed by atoms with E-state index in [2.05, 4.69) is 30.9 Å². The quantitative estimate of drug-likeness (QED) is 0.0157. The van der Waals surface area contributed by atoms with Crippen molar-refractivity contribution in [1.29, 1.82) is 0 Å². The summed E-state index contributed by atoms with van der Waals surface area (Å²) < 4.78 is 72.1. The second-order valence-electron chi connectivity index (χ2n) is 18.4. The molecule has 27 heteroatoms. The Morgan fingerprint density at radius 3 is 2.11 bits per heavy atom. The molecule has 0 saturated carbocycles. The summed E-state index contributed by atoms with van der Waals surface area (Å²) in [7, 11) is 7.74. The zero-order valence-electron chi connectivity index (χ0n) is 44.7. The number of thioether (sulfide) groups is 1. The lowest BCUT2D eigenvalue weighted by Gasteiger charge is -2.19. The lowest BCUT2D eigenvalue weighted by atomic mass is 9.89. The Kier molecular flexibility index (Phi) is 21.9. The standard InChI is InChI=1S/C52H59FN10O10S.C2HF3O2/c1-31(64)57-41(30-74-52-58-45-46(59-51(54)60-49(45)67)63(52)29-32-8-11-34(53)12-9-32)48(66)56-19-7-21-71-23-25-72-24-22-70-20-6-18-55-47(65)33-10-15-37(40(26-33)50(68)69)44-38-16-13-35(61(2)3)27-42(38)73-43-28-36(62(4)5)14-17-39(43)44;3-2(4,5)1(6)7/h8-17,26-28,41H,6-7,18-25,29-30H2,1-5H3,(H6-,54,55,56,57,59,60,64,65,66,67,68,69);(H,6,7)/t41-;/m0./s1. The first kappa shape index (κ1) is 61.8. The van der Waals surface area contributed by atoms with Crippen molar-refractivity contribution >= 4 is 75.2 Å². The van der Waals surface area contributed by atoms with Crippen LogP contribution >= 0.6 is 11.8 Å². The largest absolute Gasteiger partial charge is 0.542 e. The van der Waals surface area contributed by atoms with Crippen LogP contribution in [0, 0.1) is 5.82 Å². The van der Waals surface area contributed by atoms with E-state index in [4.69, 9.17) is 34.3 Å². The van der Waals surface area contributed by atoms with Crippen LogP contribution < -0.4 is 47.2 Å². The molecule has 2 aromatic heterocycles. The number of nitrogens with zero attached hydrogens (tertiary/aromatic N) is 5. The third-order valence-corrected chi connectivity index (χ3v) is 13.0. The van der Waals surface area contributed by atoms with Crippen LogP contribution in [-0.4, -0.2) is 153 Å². The Bertz CT molecular complexity index is 3470. The van der Waals surface area contributed by atoms with Crippen molar-refractivity contribution in [3.63, 3.8) is 0 Å². The highest BCUT2D eigenvalue weighted by Crippen LogP contribution is 2.42. The van der Waals surface area contributed by atoms with Crippen LogP contribution in [-0.2, 0) is 35.1 Å². The number of anilines is 2. The molecular weight excluding hydrogens is 1090 g/mol. The number of alkyl halides is 3. The monoisotopic (exact) mass is 1150 g/mol. The number of H-pyrrole nitrogens is 1. The molecule has 0 spiro atoms. The van der Waals surface area contributed by atoms with Crippen LogP contribution in [0.5, 0.6) is 0 Å². The van der Waals surface area contributed by atoms with Crippen LogP contribution in [0.15, 0.2) is 93.2 Å². The van der Waals surface area contributed by atoms with Gasteiger partial charge in [-0.1, -0.05) is 30.0 Å². The highest BCUT2D eigenvalue weighted by atomic mass is 32.2. The van der Waals surface area contributed by atoms with Gasteiger partial charge in [-0.15, -0.1) is 0 Å². The van der Waals surface area contributed by atoms with Crippen molar-refractivity contribution in [3.05, 3.63) is 117 Å². The molecule has 5 aromatic rings. The topological polar surface area (TPSA) is 301 Å². The predicted molar refractivity (Wildman–Crippen MR) is 291 cm³/mol. The number of fused-ring (bicyclic) bond motifs is 3. The molecule has 0 radical (unpaired) electrons. The smallest absolute Gasteiger partial charge is 0.430 e. The van der Waals surface area contributed by atoms with Crippen LogP contribution in [0.3, 0.4) is 0 Å². The van der Waals surface area contributed by atoms with Crippen molar-refractivity contribution < 1.29 is 70.4 Å². The molecule has 432 valence electrons. The van der Waals surface area contributed by atoms with Crippen molar-refractivity contribution in [2.45, 2.75) is 43.7 Å². The van der Waals surface area contributed by atoms with Crippen LogP contribution in [0.4, 0.5) is 29.2 Å². The van der Waals surface area contributed by atoms with E-state index in [1.54, 1.807) is 28.8 Å². The number of carboxylic acid groups (broad SMARTS) is 2. The summed E-state index contributed by atoms with van der Waals surface area (Å²) >= 11 is 1.14. The molecule has 0 saturated heterocycles. The summed E-state index contributed by atoms with van der Waals surface area (Å²) in [5.74, 6) is -5.23. The second kappa shape index (κ2) is 28.7. The lowest BCUT2D eigenvalue weighted by Crippen LogP contribution is -2.48. The molecule has 3 heterocycles. The van der Waals surface area contributed by atoms with Gasteiger partial charge in [0.05, 0.1) is 44.6 Å². The molecule has 3 aromatic carbocycles. The summed E-state index contributed by atoms with van der Waals surface area (Å²) in [4.78, 5) is 85.8. The van der Waals surface area contributed by atoms with Crippen molar-refractivity contribution in [1.82, 2.24) is 40.0 Å². The summed E-state index contributed by atoms with van der Waals surface area (Å²) in [6.45, 7) is 4.10. The number of nitrogens with two attached hydrogens (primary N) is 1. The third-order valence-electron chi connectivity index (χ3n) is 11.9. The van der Waals surface area contributed by atoms with Gasteiger partial charge >= 0.3 is 12.1 Å². The number of halogens is 4. The predicted octanol–water partition coefficient (Wildman–Crippen LogP) is 3.47. The number of amides is 3. The maximum atomic E-state index is 13.6. The van der Waals surface area contributed by atoms with Gasteiger partial charge in [0.2, 0.25) is 23.1 Å². The fraction of sp³-hybridized carbons (Fsp3) is 0.352. The average molecular weight is 1150 g/mol. The maximum absolute atomic E-state index is 13.6. The van der Waals surface area contributed by atoms with E-state index in [0.717, 1.165) is 33.8 Å². The van der Waals surface area contributed by atoms with Gasteiger partial charge in [0, 0.05) is 93.0 Å². The first-order valence-electron chi connectivity index (χ1n) is 25.1. The minimum atomic E-state index is -5.19. The Morgan fingerprint density at radius 1 is 0.877 bits per heavy atom. The molecular formula is C54H60F4N10O12S. The van der Waals surface area contributed by atoms with Gasteiger partial charge in [-0.2, -0.15) is 18.2 Å². The molecule has 7 rings (SSSR count). The van der Waals surface area contributed by atoms with Gasteiger partial charge in [-0.25, -0.2) is 18.7 Å². The summed E-state index contributed by atoms with van der Waals surface area (Å²) in [5.41, 5.74) is 9.89. The Balaban J connectivity index is 0.00000141. The number of hydrogen-bond donors (Lipinski definition) is 6. The van der Waals surface area contributed by atoms with Gasteiger partial charge in [-0.05, 0) is 66.4 Å². The number of carbonyl (C=O) groups is 5. The van der Waals surface area contributed by atoms with E-state index in [1.807, 2.05) is 74.1 Å². The minimum absolute atomic E-state index is 0.0113. The SMILES string of the molecule is CC(=O)N[C@@H](CSc1nc2c(=O)[nH]c(N)nc2n1Cc1ccc(F)cc1)C(=O)NCCCOCCOCCOCCCNC(=O)c1ccc(-c2c3ccc(=[N+](C)C)cc-3oc3cc(N(C)C)ccc23)c(C(=O)O)c1.O=C([O-])C(F)(F)F. The van der Waals surface area contributed by atoms with Gasteiger partial charge in [0.25, 0.3) is 11.5 Å². The Labute approximate surface area is 464 Å². The molecule has 22 nitrogen and oxygen atoms in total. The van der Waals surface area contributed by atoms with Crippen LogP contribution in [0.25, 0.3) is 44.6 Å². The number of aromatic carboxylic acids is 1. The number of ether oxygens (including phenoxy) is 3. The molecule has 1 atom stereocenters. The van der Waals surface area contributed by atoms with E-state index in [0.29, 0.717) is 92.2 Å². The van der Waals surface area contributed by atoms with Gasteiger partial charge in [-0.3, -0.25) is 28.7 Å². The third kappa shape index (κ3) is 17.3. The van der Waals surface area contributed by atoms with Crippen molar-refractivity contribution in [2.75, 3.05) is 97.3 Å². The molecule has 0 bridgehead atoms. The molecule has 7 N–H and O–H groups in total. The number of carboxylic acids is 2. The fourth-order valence-electron chi connectivity index (χ4n) is 7.94. The van der Waals surface area contributed by atoms with Crippen LogP contribution in [0.2, 0.25) is 0 Å². The number of imidazole rings is 1. The summed E-state index contributed by atoms with van der Waals surface area (Å²) in [5, 5.41) is 29.6. The molecule has 1 aliphatic carbocycles. The number of aromatic amines is 1. The van der Waals surface area contributed by atoms with Crippen molar-refractivity contribution in [2.24, 2.45) is 0 Å². The first-order valence-corrected chi connectivity index (χ1v) is 26.0. The fourth-order valence-corrected chi connectivity index (χ4v) is 8.96. The van der Waals surface area contributed by atoms with Crippen molar-refractivity contribution in [3.8, 4) is 22.5 Å². The normalized spacial score (nSPS) is 11.7. The maximum Gasteiger partial charge on any atom is 0.430 e. The number of carbonyl (C=O) groups excluding carboxylic acids is 4. The number of aliphatic carboxylic acids is 1. The molecule has 2 aliphatic rings. The van der Waals surface area contributed by atoms with Gasteiger partial charge < -0.3 is 60.2 Å². The van der Waals surface area contributed by atoms with Crippen LogP contribution in [0.1, 0.15) is 46.0 Å². The lowest BCUT2D eigenvalue weighted by molar-refractivity contribution is -0.344. The number of nitrogen functional groups attached to an aromatic ring is 1. The van der Waals surface area contributed by atoms with E-state index < -0.39 is 53.3 Å². The zero-order valence-corrected chi connectivity index (χ0v) is 45.6. The second-order valence-corrected chi connectivity index (χ2v) is 19.4. The molecule has 81 heavy (non-hydrogen) atoms. The average Bonchev–Trinajstić information content (AvgIpc) is 3.76. The zero-order chi connectivity index (χ0) is 59.0. The first-order chi connectivity index (χ1) is 38.5. The van der Waals surface area contributed by atoms with Gasteiger partial charge in [0.15, 0.2) is 16.3 Å². The Hall–Kier alpha value is -8.40. The minimum Gasteiger partial charge on any atom is -0.542 e. The highest BCUT2D eigenvalue weighted by Gasteiger charge is 2.29. The van der Waals surface area contributed by atoms with Gasteiger partial charge in [0.1, 0.15) is 43.3 Å². The number of nitrogens with one attached hydrogen (secondary N) is 4. The molecule has 3 amide bonds. The summed E-state index contributed by atoms with van der Waals surface area (Å²) in [6.07, 6.45) is -4.18. The molecule has 0 fully saturated rings. The highest BCUT2D eigenvalue weighted by molar-refractivity contribution is 7.99. The van der Waals surface area contributed by atoms with E-state index >= 15 is 0 Å². The molecule has 1 aliphatic heterocycles. The van der Waals surface area contributed by atoms with E-state index in [-0.39, 0.29) is 47.1 Å². The number of aromatic nitrogens is 4. The van der Waals surface area contributed by atoms with E-state index in [9.17, 15) is 46.6 Å².